The van der Waals surface area contributed by atoms with Gasteiger partial charge in [-0.3, -0.25) is 4.79 Å². The Labute approximate surface area is 176 Å². The number of aromatic nitrogens is 1. The number of halogens is 3. The first-order valence-corrected chi connectivity index (χ1v) is 11.1. The first-order chi connectivity index (χ1) is 13.3. The molecule has 2 heterocycles. The molecule has 1 amide bonds. The maximum absolute atomic E-state index is 13.8. The number of hydrogen-bond donors (Lipinski definition) is 1. The zero-order valence-electron chi connectivity index (χ0n) is 15.8. The summed E-state index contributed by atoms with van der Waals surface area (Å²) in [4.78, 5) is 20.4. The highest BCUT2D eigenvalue weighted by Gasteiger charge is 2.33. The molecule has 2 aromatic rings. The highest BCUT2D eigenvalue weighted by atomic mass is 79.9. The van der Waals surface area contributed by atoms with Crippen LogP contribution in [-0.4, -0.2) is 36.2 Å². The minimum atomic E-state index is -2.67. The number of benzene rings is 1. The quantitative estimate of drug-likeness (QED) is 0.578. The summed E-state index contributed by atoms with van der Waals surface area (Å²) in [6, 6.07) is 7.57. The molecular weight excluding hydrogens is 448 g/mol. The van der Waals surface area contributed by atoms with E-state index < -0.39 is 5.92 Å². The number of thioether (sulfide) groups is 1. The summed E-state index contributed by atoms with van der Waals surface area (Å²) in [5.74, 6) is -2.51. The molecule has 0 unspecified atom stereocenters. The molecule has 1 fully saturated rings. The SMILES string of the molecule is CSc1cccc(NC(=O)c2c(N3CCCC(F)(F)CC3)ncc(Br)c2C)c1. The van der Waals surface area contributed by atoms with E-state index in [0.717, 1.165) is 10.5 Å². The van der Waals surface area contributed by atoms with E-state index in [2.05, 4.69) is 26.2 Å². The van der Waals surface area contributed by atoms with E-state index in [1.807, 2.05) is 37.4 Å². The standard InChI is InChI=1S/C20H22BrF2N3OS/c1-13-16(21)12-24-18(26-9-4-7-20(22,23)8-10-26)17(13)19(27)25-14-5-3-6-15(11-14)28-2/h3,5-6,11-12H,4,7-10H2,1-2H3,(H,25,27). The number of nitrogens with zero attached hydrogens (tertiary/aromatic N) is 2. The van der Waals surface area contributed by atoms with Crippen molar-refractivity contribution in [3.8, 4) is 0 Å². The van der Waals surface area contributed by atoms with Gasteiger partial charge in [0, 0.05) is 47.2 Å². The van der Waals surface area contributed by atoms with Crippen LogP contribution in [0.1, 0.15) is 35.2 Å². The second kappa shape index (κ2) is 8.78. The van der Waals surface area contributed by atoms with Crippen LogP contribution in [0.3, 0.4) is 0 Å². The van der Waals surface area contributed by atoms with Gasteiger partial charge >= 0.3 is 0 Å². The molecule has 0 spiro atoms. The molecule has 8 heteroatoms. The second-order valence-corrected chi connectivity index (χ2v) is 8.55. The summed E-state index contributed by atoms with van der Waals surface area (Å²) < 4.78 is 28.3. The molecule has 1 N–H and O–H groups in total. The zero-order chi connectivity index (χ0) is 20.3. The first kappa shape index (κ1) is 21.0. The second-order valence-electron chi connectivity index (χ2n) is 6.81. The van der Waals surface area contributed by atoms with Gasteiger partial charge in [-0.15, -0.1) is 11.8 Å². The summed E-state index contributed by atoms with van der Waals surface area (Å²) in [5.41, 5.74) is 1.83. The average Bonchev–Trinajstić information content (AvgIpc) is 2.84. The van der Waals surface area contributed by atoms with Crippen molar-refractivity contribution in [2.45, 2.75) is 37.0 Å². The zero-order valence-corrected chi connectivity index (χ0v) is 18.2. The number of carbonyl (C=O) groups is 1. The van der Waals surface area contributed by atoms with Gasteiger partial charge in [0.2, 0.25) is 5.92 Å². The van der Waals surface area contributed by atoms with Crippen LogP contribution in [0.25, 0.3) is 0 Å². The van der Waals surface area contributed by atoms with Gasteiger partial charge in [0.05, 0.1) is 5.56 Å². The number of rotatable bonds is 4. The minimum absolute atomic E-state index is 0.137. The number of nitrogens with one attached hydrogen (secondary N) is 1. The summed E-state index contributed by atoms with van der Waals surface area (Å²) in [7, 11) is 0. The number of pyridine rings is 1. The van der Waals surface area contributed by atoms with E-state index in [1.54, 1.807) is 22.9 Å². The summed E-state index contributed by atoms with van der Waals surface area (Å²) in [6.07, 6.45) is 3.58. The van der Waals surface area contributed by atoms with Crippen LogP contribution < -0.4 is 10.2 Å². The molecule has 150 valence electrons. The lowest BCUT2D eigenvalue weighted by Crippen LogP contribution is -2.30. The molecule has 28 heavy (non-hydrogen) atoms. The van der Waals surface area contributed by atoms with Crippen molar-refractivity contribution in [1.29, 1.82) is 0 Å². The van der Waals surface area contributed by atoms with E-state index in [0.29, 0.717) is 34.5 Å². The lowest BCUT2D eigenvalue weighted by Gasteiger charge is -2.25. The summed E-state index contributed by atoms with van der Waals surface area (Å²) >= 11 is 5.02. The average molecular weight is 470 g/mol. The molecule has 1 aliphatic heterocycles. The minimum Gasteiger partial charge on any atom is -0.356 e. The Bertz CT molecular complexity index is 879. The topological polar surface area (TPSA) is 45.2 Å². The van der Waals surface area contributed by atoms with Crippen molar-refractivity contribution >= 4 is 45.1 Å². The maximum Gasteiger partial charge on any atom is 0.259 e. The van der Waals surface area contributed by atoms with Crippen molar-refractivity contribution in [2.24, 2.45) is 0 Å². The lowest BCUT2D eigenvalue weighted by molar-refractivity contribution is -0.0102. The molecule has 0 radical (unpaired) electrons. The highest BCUT2D eigenvalue weighted by Crippen LogP contribution is 2.33. The molecular formula is C20H22BrF2N3OS. The monoisotopic (exact) mass is 469 g/mol. The Kier molecular flexibility index (Phi) is 6.60. The molecule has 0 atom stereocenters. The van der Waals surface area contributed by atoms with Crippen LogP contribution in [0.2, 0.25) is 0 Å². The highest BCUT2D eigenvalue weighted by molar-refractivity contribution is 9.10. The van der Waals surface area contributed by atoms with Crippen LogP contribution >= 0.6 is 27.7 Å². The summed E-state index contributed by atoms with van der Waals surface area (Å²) in [6.45, 7) is 2.45. The third kappa shape index (κ3) is 4.84. The molecule has 4 nitrogen and oxygen atoms in total. The van der Waals surface area contributed by atoms with Crippen LogP contribution in [0.15, 0.2) is 39.8 Å². The van der Waals surface area contributed by atoms with Crippen LogP contribution in [-0.2, 0) is 0 Å². The molecule has 1 saturated heterocycles. The van der Waals surface area contributed by atoms with Crippen molar-refractivity contribution < 1.29 is 13.6 Å². The van der Waals surface area contributed by atoms with E-state index in [9.17, 15) is 13.6 Å². The van der Waals surface area contributed by atoms with E-state index in [-0.39, 0.29) is 25.3 Å². The van der Waals surface area contributed by atoms with Gasteiger partial charge in [-0.2, -0.15) is 0 Å². The fraction of sp³-hybridized carbons (Fsp3) is 0.400. The van der Waals surface area contributed by atoms with Gasteiger partial charge in [0.25, 0.3) is 5.91 Å². The van der Waals surface area contributed by atoms with Crippen LogP contribution in [0, 0.1) is 6.92 Å². The number of anilines is 2. The largest absolute Gasteiger partial charge is 0.356 e. The number of carbonyl (C=O) groups excluding carboxylic acids is 1. The number of amides is 1. The van der Waals surface area contributed by atoms with Crippen LogP contribution in [0.5, 0.6) is 0 Å². The van der Waals surface area contributed by atoms with E-state index in [1.165, 1.54) is 0 Å². The molecule has 0 aliphatic carbocycles. The van der Waals surface area contributed by atoms with Gasteiger partial charge < -0.3 is 10.2 Å². The Morgan fingerprint density at radius 3 is 2.86 bits per heavy atom. The Morgan fingerprint density at radius 1 is 1.32 bits per heavy atom. The third-order valence-electron chi connectivity index (χ3n) is 4.83. The third-order valence-corrected chi connectivity index (χ3v) is 6.35. The first-order valence-electron chi connectivity index (χ1n) is 9.04. The lowest BCUT2D eigenvalue weighted by atomic mass is 10.1. The molecule has 3 rings (SSSR count). The molecule has 1 aromatic heterocycles. The van der Waals surface area contributed by atoms with Gasteiger partial charge in [0.1, 0.15) is 5.82 Å². The van der Waals surface area contributed by atoms with Crippen molar-refractivity contribution in [3.63, 3.8) is 0 Å². The normalized spacial score (nSPS) is 16.5. The van der Waals surface area contributed by atoms with Gasteiger partial charge in [-0.25, -0.2) is 13.8 Å². The van der Waals surface area contributed by atoms with E-state index >= 15 is 0 Å². The van der Waals surface area contributed by atoms with Crippen molar-refractivity contribution in [1.82, 2.24) is 4.98 Å². The molecule has 1 aromatic carbocycles. The maximum atomic E-state index is 13.8. The predicted molar refractivity (Wildman–Crippen MR) is 114 cm³/mol. The van der Waals surface area contributed by atoms with Crippen molar-refractivity contribution in [3.05, 3.63) is 46.1 Å². The fourth-order valence-electron chi connectivity index (χ4n) is 3.25. The summed E-state index contributed by atoms with van der Waals surface area (Å²) in [5, 5.41) is 2.92. The van der Waals surface area contributed by atoms with Crippen molar-refractivity contribution in [2.75, 3.05) is 29.6 Å². The smallest absolute Gasteiger partial charge is 0.259 e. The Hall–Kier alpha value is -1.67. The van der Waals surface area contributed by atoms with Gasteiger partial charge in [-0.1, -0.05) is 6.07 Å². The molecule has 1 aliphatic rings. The molecule has 0 bridgehead atoms. The van der Waals surface area contributed by atoms with E-state index in [4.69, 9.17) is 0 Å². The fourth-order valence-corrected chi connectivity index (χ4v) is 4.01. The van der Waals surface area contributed by atoms with Gasteiger partial charge in [0.15, 0.2) is 0 Å². The van der Waals surface area contributed by atoms with Crippen LogP contribution in [0.4, 0.5) is 20.3 Å². The number of alkyl halides is 2. The Balaban J connectivity index is 1.93. The van der Waals surface area contributed by atoms with Gasteiger partial charge in [-0.05, 0) is 59.3 Å². The predicted octanol–water partition coefficient (Wildman–Crippen LogP) is 5.75. The Morgan fingerprint density at radius 2 is 2.11 bits per heavy atom. The number of hydrogen-bond acceptors (Lipinski definition) is 4. The molecule has 0 saturated carbocycles.